The van der Waals surface area contributed by atoms with E-state index in [0.29, 0.717) is 17.8 Å². The molecule has 0 unspecified atom stereocenters. The summed E-state index contributed by atoms with van der Waals surface area (Å²) in [6.45, 7) is 1.87. The van der Waals surface area contributed by atoms with Crippen LogP contribution in [0.2, 0.25) is 0 Å². The van der Waals surface area contributed by atoms with E-state index in [1.807, 2.05) is 6.92 Å². The van der Waals surface area contributed by atoms with Crippen molar-refractivity contribution in [3.8, 4) is 5.75 Å². The number of carboxylic acids is 1. The van der Waals surface area contributed by atoms with Gasteiger partial charge in [-0.3, -0.25) is 9.78 Å². The number of aromatic hydroxyl groups is 1. The molecule has 0 saturated carbocycles. The number of anilines is 2. The van der Waals surface area contributed by atoms with Gasteiger partial charge in [0.15, 0.2) is 0 Å². The number of hydrogen-bond acceptors (Lipinski definition) is 5. The number of aromatic nitrogens is 2. The van der Waals surface area contributed by atoms with Crippen molar-refractivity contribution in [1.29, 1.82) is 0 Å². The molecule has 0 atom stereocenters. The van der Waals surface area contributed by atoms with Crippen LogP contribution in [0.1, 0.15) is 23.0 Å². The number of aromatic amines is 1. The normalized spacial score (nSPS) is 10.2. The number of carbonyl (C=O) groups is 1. The Labute approximate surface area is 113 Å². The number of benzene rings is 1. The van der Waals surface area contributed by atoms with Gasteiger partial charge in [-0.1, -0.05) is 6.92 Å². The van der Waals surface area contributed by atoms with Gasteiger partial charge in [0.05, 0.1) is 0 Å². The zero-order valence-electron chi connectivity index (χ0n) is 10.7. The maximum Gasteiger partial charge on any atom is 0.339 e. The fraction of sp³-hybridized carbons (Fsp3) is 0.154. The Balaban J connectivity index is 2.35. The number of nitrogens with zero attached hydrogens (tertiary/aromatic N) is 1. The zero-order valence-corrected chi connectivity index (χ0v) is 10.7. The summed E-state index contributed by atoms with van der Waals surface area (Å²) < 4.78 is 0. The van der Waals surface area contributed by atoms with Gasteiger partial charge in [-0.25, -0.2) is 9.78 Å². The van der Waals surface area contributed by atoms with Crippen LogP contribution >= 0.6 is 0 Å². The van der Waals surface area contributed by atoms with Gasteiger partial charge in [0, 0.05) is 17.4 Å². The molecule has 0 aliphatic heterocycles. The number of H-pyrrole nitrogens is 1. The fourth-order valence-corrected chi connectivity index (χ4v) is 1.67. The van der Waals surface area contributed by atoms with Crippen LogP contribution in [0.3, 0.4) is 0 Å². The molecule has 0 fully saturated rings. The summed E-state index contributed by atoms with van der Waals surface area (Å²) in [7, 11) is 0. The Morgan fingerprint density at radius 1 is 1.40 bits per heavy atom. The Morgan fingerprint density at radius 3 is 2.80 bits per heavy atom. The van der Waals surface area contributed by atoms with Crippen molar-refractivity contribution >= 4 is 17.6 Å². The first-order valence-electron chi connectivity index (χ1n) is 5.93. The van der Waals surface area contributed by atoms with E-state index in [0.717, 1.165) is 0 Å². The molecule has 104 valence electrons. The second kappa shape index (κ2) is 5.43. The third kappa shape index (κ3) is 2.94. The van der Waals surface area contributed by atoms with Crippen molar-refractivity contribution in [2.24, 2.45) is 0 Å². The zero-order chi connectivity index (χ0) is 14.7. The molecule has 0 spiro atoms. The molecule has 1 heterocycles. The molecule has 7 nitrogen and oxygen atoms in total. The monoisotopic (exact) mass is 275 g/mol. The van der Waals surface area contributed by atoms with Crippen molar-refractivity contribution in [3.05, 3.63) is 45.9 Å². The molecule has 1 aromatic heterocycles. The third-order valence-corrected chi connectivity index (χ3v) is 2.65. The predicted molar refractivity (Wildman–Crippen MR) is 72.6 cm³/mol. The van der Waals surface area contributed by atoms with E-state index >= 15 is 0 Å². The Kier molecular flexibility index (Phi) is 3.69. The summed E-state index contributed by atoms with van der Waals surface area (Å²) in [4.78, 5) is 29.0. The van der Waals surface area contributed by atoms with E-state index < -0.39 is 5.97 Å². The maximum atomic E-state index is 11.4. The quantitative estimate of drug-likeness (QED) is 0.628. The lowest BCUT2D eigenvalue weighted by atomic mass is 10.2. The van der Waals surface area contributed by atoms with Crippen LogP contribution < -0.4 is 10.9 Å². The first kappa shape index (κ1) is 13.6. The number of nitrogens with one attached hydrogen (secondary N) is 2. The van der Waals surface area contributed by atoms with E-state index in [1.54, 1.807) is 0 Å². The molecule has 20 heavy (non-hydrogen) atoms. The molecule has 4 N–H and O–H groups in total. The molecular formula is C13H13N3O4. The fourth-order valence-electron chi connectivity index (χ4n) is 1.67. The molecule has 0 bridgehead atoms. The van der Waals surface area contributed by atoms with E-state index in [4.69, 9.17) is 5.11 Å². The topological polar surface area (TPSA) is 115 Å². The standard InChI is InChI=1S/C13H13N3O4/c1-2-7-6-11(18)16-13(14-7)15-8-3-4-10(17)9(5-8)12(19)20/h3-6,17H,2H2,1H3,(H,19,20)(H2,14,15,16,18). The molecule has 0 saturated heterocycles. The smallest absolute Gasteiger partial charge is 0.339 e. The molecule has 0 amide bonds. The highest BCUT2D eigenvalue weighted by Gasteiger charge is 2.10. The summed E-state index contributed by atoms with van der Waals surface area (Å²) in [5.74, 6) is -1.35. The van der Waals surface area contributed by atoms with Gasteiger partial charge in [-0.2, -0.15) is 0 Å². The summed E-state index contributed by atoms with van der Waals surface area (Å²) in [6.07, 6.45) is 0.606. The summed E-state index contributed by atoms with van der Waals surface area (Å²) >= 11 is 0. The molecule has 2 aromatic rings. The summed E-state index contributed by atoms with van der Waals surface area (Å²) in [6, 6.07) is 5.40. The third-order valence-electron chi connectivity index (χ3n) is 2.65. The molecule has 2 rings (SSSR count). The molecule has 0 aliphatic carbocycles. The van der Waals surface area contributed by atoms with Crippen LogP contribution in [0.4, 0.5) is 11.6 Å². The van der Waals surface area contributed by atoms with Crippen LogP contribution in [-0.2, 0) is 6.42 Å². The predicted octanol–water partition coefficient (Wildman–Crippen LogP) is 1.48. The van der Waals surface area contributed by atoms with Crippen LogP contribution in [0.5, 0.6) is 5.75 Å². The van der Waals surface area contributed by atoms with Gasteiger partial charge in [-0.05, 0) is 24.6 Å². The Hall–Kier alpha value is -2.83. The van der Waals surface area contributed by atoms with Gasteiger partial charge in [-0.15, -0.1) is 0 Å². The van der Waals surface area contributed by atoms with Crippen LogP contribution in [0, 0.1) is 0 Å². The molecule has 0 radical (unpaired) electrons. The maximum absolute atomic E-state index is 11.4. The minimum atomic E-state index is -1.24. The summed E-state index contributed by atoms with van der Waals surface area (Å²) in [5.41, 5.74) is 0.491. The first-order chi connectivity index (χ1) is 9.49. The van der Waals surface area contributed by atoms with E-state index in [-0.39, 0.29) is 22.8 Å². The highest BCUT2D eigenvalue weighted by atomic mass is 16.4. The number of aromatic carboxylic acids is 1. The lowest BCUT2D eigenvalue weighted by molar-refractivity contribution is 0.0694. The lowest BCUT2D eigenvalue weighted by Crippen LogP contribution is -2.12. The van der Waals surface area contributed by atoms with Gasteiger partial charge in [0.25, 0.3) is 5.56 Å². The number of hydrogen-bond donors (Lipinski definition) is 4. The van der Waals surface area contributed by atoms with Gasteiger partial charge in [0.1, 0.15) is 11.3 Å². The average Bonchev–Trinajstić information content (AvgIpc) is 2.40. The number of phenols is 1. The van der Waals surface area contributed by atoms with Crippen LogP contribution in [0.25, 0.3) is 0 Å². The highest BCUT2D eigenvalue weighted by Crippen LogP contribution is 2.22. The van der Waals surface area contributed by atoms with Gasteiger partial charge >= 0.3 is 5.97 Å². The highest BCUT2D eigenvalue weighted by molar-refractivity contribution is 5.92. The number of carboxylic acid groups (broad SMARTS) is 1. The number of rotatable bonds is 4. The van der Waals surface area contributed by atoms with Crippen molar-refractivity contribution in [2.75, 3.05) is 5.32 Å². The van der Waals surface area contributed by atoms with Gasteiger partial charge in [0.2, 0.25) is 5.95 Å². The first-order valence-corrected chi connectivity index (χ1v) is 5.93. The van der Waals surface area contributed by atoms with Crippen molar-refractivity contribution < 1.29 is 15.0 Å². The minimum absolute atomic E-state index is 0.219. The van der Waals surface area contributed by atoms with E-state index in [9.17, 15) is 14.7 Å². The molecule has 0 aliphatic rings. The molecule has 7 heteroatoms. The second-order valence-corrected chi connectivity index (χ2v) is 4.10. The largest absolute Gasteiger partial charge is 0.507 e. The second-order valence-electron chi connectivity index (χ2n) is 4.10. The minimum Gasteiger partial charge on any atom is -0.507 e. The lowest BCUT2D eigenvalue weighted by Gasteiger charge is -2.08. The van der Waals surface area contributed by atoms with Crippen LogP contribution in [-0.4, -0.2) is 26.2 Å². The van der Waals surface area contributed by atoms with Gasteiger partial charge < -0.3 is 15.5 Å². The van der Waals surface area contributed by atoms with Crippen molar-refractivity contribution in [1.82, 2.24) is 9.97 Å². The Bertz CT molecular complexity index is 709. The molecular weight excluding hydrogens is 262 g/mol. The van der Waals surface area contributed by atoms with Crippen LogP contribution in [0.15, 0.2) is 29.1 Å². The van der Waals surface area contributed by atoms with Crippen molar-refractivity contribution in [3.63, 3.8) is 0 Å². The summed E-state index contributed by atoms with van der Waals surface area (Å²) in [5, 5.41) is 21.1. The average molecular weight is 275 g/mol. The SMILES string of the molecule is CCc1cc(=O)[nH]c(Nc2ccc(O)c(C(=O)O)c2)n1. The van der Waals surface area contributed by atoms with E-state index in [2.05, 4.69) is 15.3 Å². The molecule has 1 aromatic carbocycles. The number of aryl methyl sites for hydroxylation is 1. The van der Waals surface area contributed by atoms with Crippen molar-refractivity contribution in [2.45, 2.75) is 13.3 Å². The Morgan fingerprint density at radius 2 is 2.15 bits per heavy atom. The van der Waals surface area contributed by atoms with E-state index in [1.165, 1.54) is 24.3 Å².